The standard InChI is InChI=1S/C15H22N2O/c1-10(2)14(9-16)17-15(18)13-7-11-5-3-4-6-12(11)8-13/h3-6,10,13-14H,7-9,16H2,1-2H3,(H,17,18). The van der Waals surface area contributed by atoms with Gasteiger partial charge in [0.05, 0.1) is 0 Å². The first-order chi connectivity index (χ1) is 8.61. The summed E-state index contributed by atoms with van der Waals surface area (Å²) in [5.74, 6) is 0.605. The van der Waals surface area contributed by atoms with Gasteiger partial charge in [-0.15, -0.1) is 0 Å². The number of hydrogen-bond donors (Lipinski definition) is 2. The lowest BCUT2D eigenvalue weighted by Gasteiger charge is -2.22. The fourth-order valence-corrected chi connectivity index (χ4v) is 2.54. The fourth-order valence-electron chi connectivity index (χ4n) is 2.54. The second-order valence-electron chi connectivity index (χ2n) is 5.47. The van der Waals surface area contributed by atoms with E-state index in [0.717, 1.165) is 12.8 Å². The van der Waals surface area contributed by atoms with Gasteiger partial charge in [0.2, 0.25) is 5.91 Å². The minimum atomic E-state index is 0.0789. The van der Waals surface area contributed by atoms with Gasteiger partial charge in [0.25, 0.3) is 0 Å². The maximum atomic E-state index is 12.2. The van der Waals surface area contributed by atoms with Crippen molar-refractivity contribution < 1.29 is 4.79 Å². The maximum Gasteiger partial charge on any atom is 0.224 e. The average Bonchev–Trinajstić information content (AvgIpc) is 2.79. The minimum Gasteiger partial charge on any atom is -0.352 e. The van der Waals surface area contributed by atoms with Crippen LogP contribution in [0.3, 0.4) is 0 Å². The van der Waals surface area contributed by atoms with Crippen LogP contribution in [0.2, 0.25) is 0 Å². The molecule has 0 fully saturated rings. The predicted molar refractivity (Wildman–Crippen MR) is 73.2 cm³/mol. The van der Waals surface area contributed by atoms with Gasteiger partial charge in [0.1, 0.15) is 0 Å². The quantitative estimate of drug-likeness (QED) is 0.846. The van der Waals surface area contributed by atoms with E-state index in [1.165, 1.54) is 11.1 Å². The number of benzene rings is 1. The number of nitrogens with two attached hydrogens (primary N) is 1. The van der Waals surface area contributed by atoms with Gasteiger partial charge in [-0.25, -0.2) is 0 Å². The van der Waals surface area contributed by atoms with E-state index in [1.807, 2.05) is 12.1 Å². The molecule has 1 amide bonds. The number of nitrogens with one attached hydrogen (secondary N) is 1. The van der Waals surface area contributed by atoms with Crippen LogP contribution in [-0.2, 0) is 17.6 Å². The molecule has 1 atom stereocenters. The van der Waals surface area contributed by atoms with Crippen molar-refractivity contribution in [3.63, 3.8) is 0 Å². The van der Waals surface area contributed by atoms with Crippen molar-refractivity contribution in [3.05, 3.63) is 35.4 Å². The first-order valence-corrected chi connectivity index (χ1v) is 6.69. The molecular formula is C15H22N2O. The first-order valence-electron chi connectivity index (χ1n) is 6.69. The van der Waals surface area contributed by atoms with E-state index in [2.05, 4.69) is 31.3 Å². The van der Waals surface area contributed by atoms with Crippen LogP contribution in [0, 0.1) is 11.8 Å². The molecule has 0 spiro atoms. The van der Waals surface area contributed by atoms with Crippen molar-refractivity contribution in [2.75, 3.05) is 6.54 Å². The van der Waals surface area contributed by atoms with E-state index in [-0.39, 0.29) is 17.9 Å². The second kappa shape index (κ2) is 5.53. The third kappa shape index (κ3) is 2.72. The number of rotatable bonds is 4. The summed E-state index contributed by atoms with van der Waals surface area (Å²) in [6.07, 6.45) is 1.72. The molecule has 1 unspecified atom stereocenters. The molecule has 1 aliphatic carbocycles. The zero-order valence-electron chi connectivity index (χ0n) is 11.1. The molecular weight excluding hydrogens is 224 g/mol. The lowest BCUT2D eigenvalue weighted by atomic mass is 10.0. The molecule has 3 nitrogen and oxygen atoms in total. The van der Waals surface area contributed by atoms with Crippen LogP contribution in [0.5, 0.6) is 0 Å². The van der Waals surface area contributed by atoms with Gasteiger partial charge in [0, 0.05) is 18.5 Å². The molecule has 0 saturated heterocycles. The zero-order chi connectivity index (χ0) is 13.1. The van der Waals surface area contributed by atoms with Gasteiger partial charge >= 0.3 is 0 Å². The largest absolute Gasteiger partial charge is 0.352 e. The number of hydrogen-bond acceptors (Lipinski definition) is 2. The monoisotopic (exact) mass is 246 g/mol. The van der Waals surface area contributed by atoms with Gasteiger partial charge in [-0.05, 0) is 29.9 Å². The molecule has 98 valence electrons. The fraction of sp³-hybridized carbons (Fsp3) is 0.533. The molecule has 1 aromatic rings. The Morgan fingerprint density at radius 3 is 2.33 bits per heavy atom. The lowest BCUT2D eigenvalue weighted by molar-refractivity contribution is -0.125. The molecule has 0 bridgehead atoms. The van der Waals surface area contributed by atoms with E-state index in [9.17, 15) is 4.79 Å². The third-order valence-electron chi connectivity index (χ3n) is 3.81. The molecule has 18 heavy (non-hydrogen) atoms. The number of amides is 1. The van der Waals surface area contributed by atoms with Crippen LogP contribution in [0.25, 0.3) is 0 Å². The predicted octanol–water partition coefficient (Wildman–Crippen LogP) is 1.50. The lowest BCUT2D eigenvalue weighted by Crippen LogP contribution is -2.46. The summed E-state index contributed by atoms with van der Waals surface area (Å²) in [6, 6.07) is 8.39. The van der Waals surface area contributed by atoms with Crippen molar-refractivity contribution >= 4 is 5.91 Å². The first kappa shape index (κ1) is 13.1. The van der Waals surface area contributed by atoms with Crippen molar-refractivity contribution in [3.8, 4) is 0 Å². The van der Waals surface area contributed by atoms with Gasteiger partial charge < -0.3 is 11.1 Å². The van der Waals surface area contributed by atoms with Gasteiger partial charge in [-0.2, -0.15) is 0 Å². The molecule has 3 N–H and O–H groups in total. The average molecular weight is 246 g/mol. The Balaban J connectivity index is 1.97. The Morgan fingerprint density at radius 2 is 1.89 bits per heavy atom. The van der Waals surface area contributed by atoms with Crippen LogP contribution in [0.4, 0.5) is 0 Å². The van der Waals surface area contributed by atoms with Crippen LogP contribution in [0.1, 0.15) is 25.0 Å². The number of carbonyl (C=O) groups is 1. The smallest absolute Gasteiger partial charge is 0.224 e. The van der Waals surface area contributed by atoms with E-state index in [1.54, 1.807) is 0 Å². The van der Waals surface area contributed by atoms with Crippen molar-refractivity contribution in [2.45, 2.75) is 32.7 Å². The topological polar surface area (TPSA) is 55.1 Å². The van der Waals surface area contributed by atoms with Crippen molar-refractivity contribution in [1.82, 2.24) is 5.32 Å². The highest BCUT2D eigenvalue weighted by atomic mass is 16.1. The Morgan fingerprint density at radius 1 is 1.33 bits per heavy atom. The van der Waals surface area contributed by atoms with E-state index in [0.29, 0.717) is 12.5 Å². The minimum absolute atomic E-state index is 0.0789. The van der Waals surface area contributed by atoms with Crippen LogP contribution >= 0.6 is 0 Å². The Kier molecular flexibility index (Phi) is 4.02. The third-order valence-corrected chi connectivity index (χ3v) is 3.81. The Hall–Kier alpha value is -1.35. The van der Waals surface area contributed by atoms with Gasteiger partial charge in [-0.1, -0.05) is 38.1 Å². The summed E-state index contributed by atoms with van der Waals surface area (Å²) in [6.45, 7) is 4.67. The van der Waals surface area contributed by atoms with Gasteiger partial charge in [-0.3, -0.25) is 4.79 Å². The molecule has 1 aliphatic rings. The highest BCUT2D eigenvalue weighted by molar-refractivity contribution is 5.80. The summed E-state index contributed by atoms with van der Waals surface area (Å²) < 4.78 is 0. The Bertz CT molecular complexity index is 403. The molecule has 1 aromatic carbocycles. The van der Waals surface area contributed by atoms with E-state index in [4.69, 9.17) is 5.73 Å². The molecule has 2 rings (SSSR count). The highest BCUT2D eigenvalue weighted by Crippen LogP contribution is 2.26. The van der Waals surface area contributed by atoms with Crippen LogP contribution < -0.4 is 11.1 Å². The van der Waals surface area contributed by atoms with E-state index < -0.39 is 0 Å². The molecule has 0 heterocycles. The number of fused-ring (bicyclic) bond motifs is 1. The summed E-state index contributed by atoms with van der Waals surface area (Å²) in [4.78, 5) is 12.2. The molecule has 3 heteroatoms. The molecule has 0 saturated carbocycles. The summed E-state index contributed by atoms with van der Waals surface area (Å²) in [7, 11) is 0. The van der Waals surface area contributed by atoms with Crippen LogP contribution in [0.15, 0.2) is 24.3 Å². The summed E-state index contributed by atoms with van der Waals surface area (Å²) in [5, 5.41) is 3.08. The van der Waals surface area contributed by atoms with Crippen molar-refractivity contribution in [1.29, 1.82) is 0 Å². The van der Waals surface area contributed by atoms with E-state index >= 15 is 0 Å². The highest BCUT2D eigenvalue weighted by Gasteiger charge is 2.28. The normalized spacial score (nSPS) is 16.7. The van der Waals surface area contributed by atoms with Crippen molar-refractivity contribution in [2.24, 2.45) is 17.6 Å². The Labute approximate surface area is 109 Å². The summed E-state index contributed by atoms with van der Waals surface area (Å²) >= 11 is 0. The van der Waals surface area contributed by atoms with Gasteiger partial charge in [0.15, 0.2) is 0 Å². The second-order valence-corrected chi connectivity index (χ2v) is 5.47. The maximum absolute atomic E-state index is 12.2. The zero-order valence-corrected chi connectivity index (χ0v) is 11.1. The van der Waals surface area contributed by atoms with Crippen LogP contribution in [-0.4, -0.2) is 18.5 Å². The number of carbonyl (C=O) groups excluding carboxylic acids is 1. The molecule has 0 aliphatic heterocycles. The summed E-state index contributed by atoms with van der Waals surface area (Å²) in [5.41, 5.74) is 8.31. The SMILES string of the molecule is CC(C)C(CN)NC(=O)C1Cc2ccccc2C1. The molecule has 0 radical (unpaired) electrons. The molecule has 0 aromatic heterocycles.